The molecular weight excluding hydrogens is 273 g/mol. The molecule has 0 aromatic heterocycles. The second-order valence-electron chi connectivity index (χ2n) is 7.69. The van der Waals surface area contributed by atoms with Crippen LogP contribution < -0.4 is 5.46 Å². The van der Waals surface area contributed by atoms with E-state index >= 15 is 0 Å². The molecule has 0 N–H and O–H groups in total. The normalized spacial score (nSPS) is 25.4. The molecule has 0 aliphatic carbocycles. The van der Waals surface area contributed by atoms with Crippen molar-refractivity contribution in [3.63, 3.8) is 0 Å². The third-order valence-corrected chi connectivity index (χ3v) is 5.00. The average Bonchev–Trinajstić information content (AvgIpc) is 2.66. The van der Waals surface area contributed by atoms with E-state index in [1.165, 1.54) is 16.6 Å². The number of fused-ring (bicyclic) bond motifs is 1. The summed E-state index contributed by atoms with van der Waals surface area (Å²) in [6.45, 7) is 10.9. The average molecular weight is 301 g/mol. The summed E-state index contributed by atoms with van der Waals surface area (Å²) in [5.41, 5.74) is 3.87. The van der Waals surface area contributed by atoms with E-state index in [-0.39, 0.29) is 18.8 Å². The molecule has 2 heterocycles. The zero-order chi connectivity index (χ0) is 15.9. The fraction of sp³-hybridized carbons (Fsp3) is 0.667. The first-order valence-electron chi connectivity index (χ1n) is 8.50. The highest BCUT2D eigenvalue weighted by Gasteiger charge is 2.47. The lowest BCUT2D eigenvalue weighted by atomic mass is 9.77. The van der Waals surface area contributed by atoms with Crippen LogP contribution in [0.3, 0.4) is 0 Å². The number of rotatable bonds is 2. The maximum atomic E-state index is 6.23. The van der Waals surface area contributed by atoms with Crippen LogP contribution in [0, 0.1) is 5.92 Å². The van der Waals surface area contributed by atoms with Crippen LogP contribution in [-0.2, 0) is 22.2 Å². The molecule has 22 heavy (non-hydrogen) atoms. The largest absolute Gasteiger partial charge is 0.494 e. The van der Waals surface area contributed by atoms with Gasteiger partial charge in [-0.25, -0.2) is 0 Å². The highest BCUT2D eigenvalue weighted by atomic mass is 16.7. The molecule has 1 aromatic carbocycles. The zero-order valence-corrected chi connectivity index (χ0v) is 14.6. The molecule has 4 heteroatoms. The standard InChI is InChI=1S/C18H28BNO2/c1-13(2)17-18(3,4)22-19(21-17)16-7-6-14-8-10-20(5)11-9-15(14)12-16/h6-7,12-13,17H,8-11H2,1-5H3. The minimum atomic E-state index is -0.230. The SMILES string of the molecule is CC(C)C1OB(c2ccc3c(c2)CCN(C)CC3)OC1(C)C. The Labute approximate surface area is 135 Å². The van der Waals surface area contributed by atoms with E-state index in [2.05, 4.69) is 57.8 Å². The summed E-state index contributed by atoms with van der Waals surface area (Å²) in [6, 6.07) is 6.76. The van der Waals surface area contributed by atoms with Crippen LogP contribution in [-0.4, -0.2) is 43.9 Å². The molecule has 0 spiro atoms. The van der Waals surface area contributed by atoms with Crippen LogP contribution >= 0.6 is 0 Å². The Balaban J connectivity index is 1.82. The van der Waals surface area contributed by atoms with E-state index in [1.54, 1.807) is 0 Å². The Morgan fingerprint density at radius 2 is 1.86 bits per heavy atom. The first-order valence-corrected chi connectivity index (χ1v) is 8.50. The Hall–Kier alpha value is -0.835. The monoisotopic (exact) mass is 301 g/mol. The van der Waals surface area contributed by atoms with Crippen LogP contribution in [0.5, 0.6) is 0 Å². The Kier molecular flexibility index (Phi) is 4.37. The Bertz CT molecular complexity index is 544. The maximum Gasteiger partial charge on any atom is 0.494 e. The van der Waals surface area contributed by atoms with Crippen molar-refractivity contribution in [3.8, 4) is 0 Å². The lowest BCUT2D eigenvalue weighted by Gasteiger charge is -2.28. The van der Waals surface area contributed by atoms with E-state index < -0.39 is 0 Å². The molecule has 2 aliphatic rings. The van der Waals surface area contributed by atoms with Gasteiger partial charge in [-0.3, -0.25) is 0 Å². The van der Waals surface area contributed by atoms with Gasteiger partial charge in [0.05, 0.1) is 11.7 Å². The van der Waals surface area contributed by atoms with Crippen molar-refractivity contribution >= 4 is 12.6 Å². The topological polar surface area (TPSA) is 21.7 Å². The summed E-state index contributed by atoms with van der Waals surface area (Å²) in [4.78, 5) is 2.40. The van der Waals surface area contributed by atoms with Crippen LogP contribution in [0.1, 0.15) is 38.8 Å². The Morgan fingerprint density at radius 3 is 2.50 bits per heavy atom. The van der Waals surface area contributed by atoms with E-state index in [1.807, 2.05) is 0 Å². The van der Waals surface area contributed by atoms with Crippen molar-refractivity contribution in [2.45, 2.75) is 52.2 Å². The van der Waals surface area contributed by atoms with Crippen molar-refractivity contribution < 1.29 is 9.31 Å². The second kappa shape index (κ2) is 5.99. The van der Waals surface area contributed by atoms with Crippen LogP contribution in [0.15, 0.2) is 18.2 Å². The third-order valence-electron chi connectivity index (χ3n) is 5.00. The highest BCUT2D eigenvalue weighted by molar-refractivity contribution is 6.62. The van der Waals surface area contributed by atoms with Gasteiger partial charge in [-0.2, -0.15) is 0 Å². The molecule has 2 aliphatic heterocycles. The van der Waals surface area contributed by atoms with Crippen LogP contribution in [0.2, 0.25) is 0 Å². The van der Waals surface area contributed by atoms with E-state index in [4.69, 9.17) is 9.31 Å². The molecule has 1 fully saturated rings. The van der Waals surface area contributed by atoms with Gasteiger partial charge in [-0.1, -0.05) is 32.0 Å². The van der Waals surface area contributed by atoms with E-state index in [0.29, 0.717) is 5.92 Å². The molecule has 1 atom stereocenters. The number of hydrogen-bond acceptors (Lipinski definition) is 3. The predicted molar refractivity (Wildman–Crippen MR) is 91.6 cm³/mol. The van der Waals surface area contributed by atoms with Gasteiger partial charge in [0.1, 0.15) is 0 Å². The first-order chi connectivity index (χ1) is 10.4. The molecule has 0 saturated carbocycles. The number of likely N-dealkylation sites (N-methyl/N-ethyl adjacent to an activating group) is 1. The van der Waals surface area contributed by atoms with Gasteiger partial charge < -0.3 is 14.2 Å². The van der Waals surface area contributed by atoms with Crippen molar-refractivity contribution in [1.82, 2.24) is 4.90 Å². The van der Waals surface area contributed by atoms with Gasteiger partial charge in [0.25, 0.3) is 0 Å². The molecule has 1 unspecified atom stereocenters. The summed E-state index contributed by atoms with van der Waals surface area (Å²) in [6.07, 6.45) is 2.39. The van der Waals surface area contributed by atoms with Crippen molar-refractivity contribution in [1.29, 1.82) is 0 Å². The third kappa shape index (κ3) is 3.10. The molecule has 3 rings (SSSR count). The molecule has 0 bridgehead atoms. The zero-order valence-electron chi connectivity index (χ0n) is 14.6. The first kappa shape index (κ1) is 16.0. The molecule has 3 nitrogen and oxygen atoms in total. The Morgan fingerprint density at radius 1 is 1.18 bits per heavy atom. The number of hydrogen-bond donors (Lipinski definition) is 0. The maximum absolute atomic E-state index is 6.23. The minimum Gasteiger partial charge on any atom is -0.401 e. The molecule has 120 valence electrons. The van der Waals surface area contributed by atoms with Gasteiger partial charge in [-0.15, -0.1) is 0 Å². The summed E-state index contributed by atoms with van der Waals surface area (Å²) in [5.74, 6) is 0.453. The fourth-order valence-corrected chi connectivity index (χ4v) is 3.78. The smallest absolute Gasteiger partial charge is 0.401 e. The van der Waals surface area contributed by atoms with Crippen molar-refractivity contribution in [2.75, 3.05) is 20.1 Å². The van der Waals surface area contributed by atoms with E-state index in [0.717, 1.165) is 25.9 Å². The molecule has 1 aromatic rings. The predicted octanol–water partition coefficient (Wildman–Crippen LogP) is 2.26. The van der Waals surface area contributed by atoms with Crippen molar-refractivity contribution in [2.24, 2.45) is 5.92 Å². The molecule has 1 saturated heterocycles. The van der Waals surface area contributed by atoms with Crippen LogP contribution in [0.4, 0.5) is 0 Å². The van der Waals surface area contributed by atoms with Crippen LogP contribution in [0.25, 0.3) is 0 Å². The van der Waals surface area contributed by atoms with Crippen molar-refractivity contribution in [3.05, 3.63) is 29.3 Å². The highest BCUT2D eigenvalue weighted by Crippen LogP contribution is 2.32. The molecule has 0 amide bonds. The number of nitrogens with zero attached hydrogens (tertiary/aromatic N) is 1. The quantitative estimate of drug-likeness (QED) is 0.782. The fourth-order valence-electron chi connectivity index (χ4n) is 3.78. The second-order valence-corrected chi connectivity index (χ2v) is 7.69. The van der Waals surface area contributed by atoms with Gasteiger partial charge in [0.15, 0.2) is 0 Å². The van der Waals surface area contributed by atoms with Gasteiger partial charge in [0, 0.05) is 13.1 Å². The van der Waals surface area contributed by atoms with Gasteiger partial charge in [0.2, 0.25) is 0 Å². The summed E-state index contributed by atoms with van der Waals surface area (Å²) >= 11 is 0. The molecular formula is C18H28BNO2. The summed E-state index contributed by atoms with van der Waals surface area (Å²) < 4.78 is 12.5. The van der Waals surface area contributed by atoms with E-state index in [9.17, 15) is 0 Å². The van der Waals surface area contributed by atoms with Gasteiger partial charge in [-0.05, 0) is 56.2 Å². The minimum absolute atomic E-state index is 0.141. The molecule has 0 radical (unpaired) electrons. The number of benzene rings is 1. The van der Waals surface area contributed by atoms with Gasteiger partial charge >= 0.3 is 7.12 Å². The lowest BCUT2D eigenvalue weighted by molar-refractivity contribution is 0.0438. The summed E-state index contributed by atoms with van der Waals surface area (Å²) in [7, 11) is 1.97. The lowest BCUT2D eigenvalue weighted by Crippen LogP contribution is -2.37. The summed E-state index contributed by atoms with van der Waals surface area (Å²) in [5, 5.41) is 0.